The Morgan fingerprint density at radius 3 is 2.30 bits per heavy atom. The second kappa shape index (κ2) is 4.36. The predicted octanol–water partition coefficient (Wildman–Crippen LogP) is 3.30. The lowest BCUT2D eigenvalue weighted by atomic mass is 10.2. The summed E-state index contributed by atoms with van der Waals surface area (Å²) in [7, 11) is 0. The molecule has 0 aromatic rings. The number of hydrogen-bond acceptors (Lipinski definition) is 0. The van der Waals surface area contributed by atoms with E-state index in [1.807, 2.05) is 0 Å². The Labute approximate surface area is 58.7 Å². The first-order valence-corrected chi connectivity index (χ1v) is 3.24. The standard InChI is InChI=1S/C7H11F3/c1-2-3-4-5-6-7(8,9)10/h2-3H,4-6H2,1H3/b3-2+. The van der Waals surface area contributed by atoms with Gasteiger partial charge in [0.05, 0.1) is 0 Å². The minimum absolute atomic E-state index is 0.202. The molecule has 60 valence electrons. The average Bonchev–Trinajstić information content (AvgIpc) is 1.78. The van der Waals surface area contributed by atoms with E-state index in [0.29, 0.717) is 6.42 Å². The van der Waals surface area contributed by atoms with E-state index in [4.69, 9.17) is 0 Å². The normalized spacial score (nSPS) is 12.8. The third-order valence-electron chi connectivity index (χ3n) is 1.07. The number of halogens is 3. The van der Waals surface area contributed by atoms with Crippen LogP contribution in [0.25, 0.3) is 0 Å². The van der Waals surface area contributed by atoms with Gasteiger partial charge in [0, 0.05) is 6.42 Å². The van der Waals surface area contributed by atoms with E-state index < -0.39 is 12.6 Å². The van der Waals surface area contributed by atoms with Crippen LogP contribution in [0.5, 0.6) is 0 Å². The van der Waals surface area contributed by atoms with Gasteiger partial charge < -0.3 is 0 Å². The summed E-state index contributed by atoms with van der Waals surface area (Å²) in [5, 5.41) is 0. The van der Waals surface area contributed by atoms with Crippen molar-refractivity contribution in [3.63, 3.8) is 0 Å². The maximum Gasteiger partial charge on any atom is 0.389 e. The van der Waals surface area contributed by atoms with E-state index in [9.17, 15) is 13.2 Å². The number of rotatable bonds is 3. The van der Waals surface area contributed by atoms with Gasteiger partial charge in [0.25, 0.3) is 0 Å². The Morgan fingerprint density at radius 1 is 1.30 bits per heavy atom. The Morgan fingerprint density at radius 2 is 1.90 bits per heavy atom. The van der Waals surface area contributed by atoms with Crippen LogP contribution < -0.4 is 0 Å². The Bertz CT molecular complexity index is 102. The monoisotopic (exact) mass is 152 g/mol. The molecular formula is C7H11F3. The molecule has 0 aliphatic rings. The lowest BCUT2D eigenvalue weighted by molar-refractivity contribution is -0.135. The molecule has 0 spiro atoms. The minimum Gasteiger partial charge on any atom is -0.171 e. The SMILES string of the molecule is C/C=C/CCCC(F)(F)F. The highest BCUT2D eigenvalue weighted by molar-refractivity contribution is 4.76. The molecule has 0 nitrogen and oxygen atoms in total. The molecule has 0 bridgehead atoms. The molecule has 0 saturated heterocycles. The van der Waals surface area contributed by atoms with E-state index in [2.05, 4.69) is 0 Å². The molecule has 0 amide bonds. The van der Waals surface area contributed by atoms with E-state index in [0.717, 1.165) is 0 Å². The largest absolute Gasteiger partial charge is 0.389 e. The van der Waals surface area contributed by atoms with Crippen LogP contribution in [0.15, 0.2) is 12.2 Å². The van der Waals surface area contributed by atoms with Gasteiger partial charge in [-0.1, -0.05) is 12.2 Å². The van der Waals surface area contributed by atoms with Gasteiger partial charge in [0.15, 0.2) is 0 Å². The van der Waals surface area contributed by atoms with Gasteiger partial charge >= 0.3 is 6.18 Å². The van der Waals surface area contributed by atoms with Crippen LogP contribution in [0.3, 0.4) is 0 Å². The number of unbranched alkanes of at least 4 members (excludes halogenated alkanes) is 1. The van der Waals surface area contributed by atoms with Crippen LogP contribution in [0.4, 0.5) is 13.2 Å². The summed E-state index contributed by atoms with van der Waals surface area (Å²) in [6.45, 7) is 1.80. The maximum absolute atomic E-state index is 11.5. The Kier molecular flexibility index (Phi) is 4.16. The summed E-state index contributed by atoms with van der Waals surface area (Å²) >= 11 is 0. The number of alkyl halides is 3. The smallest absolute Gasteiger partial charge is 0.171 e. The number of hydrogen-bond donors (Lipinski definition) is 0. The molecule has 0 aromatic carbocycles. The van der Waals surface area contributed by atoms with Crippen molar-refractivity contribution in [2.75, 3.05) is 0 Å². The van der Waals surface area contributed by atoms with E-state index in [1.54, 1.807) is 19.1 Å². The molecular weight excluding hydrogens is 141 g/mol. The Hall–Kier alpha value is -0.470. The van der Waals surface area contributed by atoms with E-state index in [-0.39, 0.29) is 6.42 Å². The fourth-order valence-corrected chi connectivity index (χ4v) is 0.587. The van der Waals surface area contributed by atoms with Gasteiger partial charge in [0.2, 0.25) is 0 Å². The van der Waals surface area contributed by atoms with Crippen LogP contribution in [0, 0.1) is 0 Å². The first-order chi connectivity index (χ1) is 4.56. The van der Waals surface area contributed by atoms with Crippen LogP contribution in [0.2, 0.25) is 0 Å². The fourth-order valence-electron chi connectivity index (χ4n) is 0.587. The predicted molar refractivity (Wildman–Crippen MR) is 34.7 cm³/mol. The van der Waals surface area contributed by atoms with Crippen LogP contribution >= 0.6 is 0 Å². The zero-order chi connectivity index (χ0) is 8.04. The third-order valence-corrected chi connectivity index (χ3v) is 1.07. The summed E-state index contributed by atoms with van der Waals surface area (Å²) in [5.41, 5.74) is 0. The zero-order valence-electron chi connectivity index (χ0n) is 5.91. The molecule has 0 unspecified atom stereocenters. The third kappa shape index (κ3) is 7.53. The van der Waals surface area contributed by atoms with Crippen molar-refractivity contribution in [2.24, 2.45) is 0 Å². The zero-order valence-corrected chi connectivity index (χ0v) is 5.91. The highest BCUT2D eigenvalue weighted by atomic mass is 19.4. The minimum atomic E-state index is -3.98. The summed E-state index contributed by atoms with van der Waals surface area (Å²) in [6.07, 6.45) is -0.426. The topological polar surface area (TPSA) is 0 Å². The first kappa shape index (κ1) is 9.53. The highest BCUT2D eigenvalue weighted by Crippen LogP contribution is 2.22. The quantitative estimate of drug-likeness (QED) is 0.430. The van der Waals surface area contributed by atoms with Crippen LogP contribution in [-0.2, 0) is 0 Å². The molecule has 0 aromatic heterocycles. The van der Waals surface area contributed by atoms with Crippen LogP contribution in [0.1, 0.15) is 26.2 Å². The number of allylic oxidation sites excluding steroid dienone is 2. The Balaban J connectivity index is 3.20. The molecule has 0 fully saturated rings. The molecule has 0 aliphatic carbocycles. The van der Waals surface area contributed by atoms with Crippen molar-refractivity contribution >= 4 is 0 Å². The molecule has 0 radical (unpaired) electrons. The second-order valence-electron chi connectivity index (χ2n) is 2.08. The molecule has 0 saturated carbocycles. The molecule has 0 aliphatic heterocycles. The molecule has 0 heterocycles. The van der Waals surface area contributed by atoms with Crippen LogP contribution in [-0.4, -0.2) is 6.18 Å². The van der Waals surface area contributed by atoms with Crippen molar-refractivity contribution in [3.05, 3.63) is 12.2 Å². The van der Waals surface area contributed by atoms with Crippen molar-refractivity contribution in [1.29, 1.82) is 0 Å². The van der Waals surface area contributed by atoms with Gasteiger partial charge in [-0.05, 0) is 19.8 Å². The summed E-state index contributed by atoms with van der Waals surface area (Å²) in [4.78, 5) is 0. The lowest BCUT2D eigenvalue weighted by Gasteiger charge is -2.02. The maximum atomic E-state index is 11.5. The second-order valence-corrected chi connectivity index (χ2v) is 2.08. The van der Waals surface area contributed by atoms with E-state index >= 15 is 0 Å². The average molecular weight is 152 g/mol. The molecule has 0 atom stereocenters. The summed E-state index contributed by atoms with van der Waals surface area (Å²) in [6, 6.07) is 0. The molecule has 0 rings (SSSR count). The first-order valence-electron chi connectivity index (χ1n) is 3.24. The lowest BCUT2D eigenvalue weighted by Crippen LogP contribution is -2.05. The van der Waals surface area contributed by atoms with E-state index in [1.165, 1.54) is 0 Å². The summed E-state index contributed by atoms with van der Waals surface area (Å²) < 4.78 is 34.4. The summed E-state index contributed by atoms with van der Waals surface area (Å²) in [5.74, 6) is 0. The van der Waals surface area contributed by atoms with Crippen molar-refractivity contribution in [3.8, 4) is 0 Å². The highest BCUT2D eigenvalue weighted by Gasteiger charge is 2.25. The van der Waals surface area contributed by atoms with Gasteiger partial charge in [-0.25, -0.2) is 0 Å². The molecule has 10 heavy (non-hydrogen) atoms. The molecule has 3 heteroatoms. The van der Waals surface area contributed by atoms with Gasteiger partial charge in [0.1, 0.15) is 0 Å². The molecule has 0 N–H and O–H groups in total. The van der Waals surface area contributed by atoms with Gasteiger partial charge in [-0.3, -0.25) is 0 Å². The van der Waals surface area contributed by atoms with Gasteiger partial charge in [-0.2, -0.15) is 13.2 Å². The van der Waals surface area contributed by atoms with Crippen molar-refractivity contribution < 1.29 is 13.2 Å². The van der Waals surface area contributed by atoms with Crippen molar-refractivity contribution in [2.45, 2.75) is 32.4 Å². The fraction of sp³-hybridized carbons (Fsp3) is 0.714. The van der Waals surface area contributed by atoms with Crippen molar-refractivity contribution in [1.82, 2.24) is 0 Å². The van der Waals surface area contributed by atoms with Gasteiger partial charge in [-0.15, -0.1) is 0 Å².